The molecule has 0 aliphatic carbocycles. The third-order valence-corrected chi connectivity index (χ3v) is 2.41. The Labute approximate surface area is 78.9 Å². The first-order valence-corrected chi connectivity index (χ1v) is 4.09. The summed E-state index contributed by atoms with van der Waals surface area (Å²) in [4.78, 5) is 22.6. The van der Waals surface area contributed by atoms with E-state index in [-0.39, 0.29) is 18.7 Å². The molecule has 0 N–H and O–H groups in total. The van der Waals surface area contributed by atoms with Crippen molar-refractivity contribution in [2.75, 3.05) is 6.54 Å². The zero-order valence-corrected chi connectivity index (χ0v) is 7.81. The first-order valence-electron chi connectivity index (χ1n) is 4.09. The monoisotopic (exact) mass is 209 g/mol. The van der Waals surface area contributed by atoms with Crippen LogP contribution in [0.2, 0.25) is 0 Å². The second-order valence-electron chi connectivity index (χ2n) is 3.69. The normalized spacial score (nSPS) is 21.5. The maximum Gasteiger partial charge on any atom is 0.471 e. The van der Waals surface area contributed by atoms with Gasteiger partial charge in [0, 0.05) is 13.0 Å². The SMILES string of the molecule is CC1(C)C(=O)CCN1C(=O)C(F)(F)F. The van der Waals surface area contributed by atoms with Gasteiger partial charge < -0.3 is 4.90 Å². The summed E-state index contributed by atoms with van der Waals surface area (Å²) in [5, 5.41) is 0. The first kappa shape index (κ1) is 11.0. The third-order valence-electron chi connectivity index (χ3n) is 2.41. The summed E-state index contributed by atoms with van der Waals surface area (Å²) in [5.41, 5.74) is -1.33. The van der Waals surface area contributed by atoms with Crippen LogP contribution in [0.25, 0.3) is 0 Å². The molecule has 0 atom stereocenters. The number of rotatable bonds is 0. The van der Waals surface area contributed by atoms with Gasteiger partial charge in [-0.25, -0.2) is 0 Å². The number of hydrogen-bond acceptors (Lipinski definition) is 2. The molecule has 1 amide bonds. The molecule has 3 nitrogen and oxygen atoms in total. The van der Waals surface area contributed by atoms with Crippen molar-refractivity contribution in [3.05, 3.63) is 0 Å². The Balaban J connectivity index is 2.92. The number of carbonyl (C=O) groups is 2. The summed E-state index contributed by atoms with van der Waals surface area (Å²) in [7, 11) is 0. The van der Waals surface area contributed by atoms with Gasteiger partial charge in [-0.3, -0.25) is 9.59 Å². The topological polar surface area (TPSA) is 37.4 Å². The molecule has 1 saturated heterocycles. The van der Waals surface area contributed by atoms with Crippen LogP contribution < -0.4 is 0 Å². The number of halogens is 3. The van der Waals surface area contributed by atoms with Crippen LogP contribution in [-0.4, -0.2) is 34.9 Å². The molecular formula is C8H10F3NO2. The van der Waals surface area contributed by atoms with Crippen LogP contribution in [0.1, 0.15) is 20.3 Å². The second kappa shape index (κ2) is 2.96. The summed E-state index contributed by atoms with van der Waals surface area (Å²) in [6.45, 7) is 2.50. The van der Waals surface area contributed by atoms with Crippen molar-refractivity contribution in [2.45, 2.75) is 32.0 Å². The lowest BCUT2D eigenvalue weighted by Gasteiger charge is -2.30. The van der Waals surface area contributed by atoms with Crippen molar-refractivity contribution < 1.29 is 22.8 Å². The van der Waals surface area contributed by atoms with E-state index in [9.17, 15) is 22.8 Å². The lowest BCUT2D eigenvalue weighted by molar-refractivity contribution is -0.188. The van der Waals surface area contributed by atoms with E-state index in [1.165, 1.54) is 13.8 Å². The number of nitrogens with zero attached hydrogens (tertiary/aromatic N) is 1. The van der Waals surface area contributed by atoms with Gasteiger partial charge in [0.1, 0.15) is 0 Å². The molecule has 0 aromatic heterocycles. The van der Waals surface area contributed by atoms with Gasteiger partial charge in [-0.1, -0.05) is 0 Å². The maximum absolute atomic E-state index is 12.1. The average Bonchev–Trinajstić information content (AvgIpc) is 2.25. The summed E-state index contributed by atoms with van der Waals surface area (Å²) < 4.78 is 36.2. The second-order valence-corrected chi connectivity index (χ2v) is 3.69. The van der Waals surface area contributed by atoms with Crippen molar-refractivity contribution >= 4 is 11.7 Å². The van der Waals surface area contributed by atoms with Crippen LogP contribution in [0.5, 0.6) is 0 Å². The van der Waals surface area contributed by atoms with Gasteiger partial charge in [-0.2, -0.15) is 13.2 Å². The van der Waals surface area contributed by atoms with E-state index in [1.807, 2.05) is 0 Å². The number of Topliss-reactive ketones (excluding diaryl/α,β-unsaturated/α-hetero) is 1. The highest BCUT2D eigenvalue weighted by Crippen LogP contribution is 2.30. The number of hydrogen-bond donors (Lipinski definition) is 0. The molecule has 1 aliphatic rings. The molecule has 0 bridgehead atoms. The molecule has 0 spiro atoms. The predicted octanol–water partition coefficient (Wildman–Crippen LogP) is 1.13. The van der Waals surface area contributed by atoms with E-state index in [2.05, 4.69) is 0 Å². The van der Waals surface area contributed by atoms with E-state index in [1.54, 1.807) is 0 Å². The first-order chi connectivity index (χ1) is 6.17. The van der Waals surface area contributed by atoms with Crippen molar-refractivity contribution in [2.24, 2.45) is 0 Å². The Kier molecular flexibility index (Phi) is 2.33. The quantitative estimate of drug-likeness (QED) is 0.599. The van der Waals surface area contributed by atoms with Crippen molar-refractivity contribution in [3.63, 3.8) is 0 Å². The summed E-state index contributed by atoms with van der Waals surface area (Å²) in [5.74, 6) is -2.27. The van der Waals surface area contributed by atoms with Crippen molar-refractivity contribution in [3.8, 4) is 0 Å². The minimum absolute atomic E-state index is 0.00514. The Morgan fingerprint density at radius 3 is 2.21 bits per heavy atom. The fraction of sp³-hybridized carbons (Fsp3) is 0.750. The van der Waals surface area contributed by atoms with Crippen LogP contribution in [0.15, 0.2) is 0 Å². The Hall–Kier alpha value is -1.07. The largest absolute Gasteiger partial charge is 0.471 e. The molecule has 14 heavy (non-hydrogen) atoms. The lowest BCUT2D eigenvalue weighted by Crippen LogP contribution is -2.51. The number of ketones is 1. The smallest absolute Gasteiger partial charge is 0.322 e. The van der Waals surface area contributed by atoms with Gasteiger partial charge in [-0.05, 0) is 13.8 Å². The Bertz CT molecular complexity index is 283. The molecule has 1 rings (SSSR count). The molecular weight excluding hydrogens is 199 g/mol. The minimum atomic E-state index is -4.90. The number of alkyl halides is 3. The highest BCUT2D eigenvalue weighted by atomic mass is 19.4. The molecule has 0 radical (unpaired) electrons. The maximum atomic E-state index is 12.1. The fourth-order valence-electron chi connectivity index (χ4n) is 1.46. The highest BCUT2D eigenvalue weighted by molar-refractivity contribution is 5.96. The van der Waals surface area contributed by atoms with Crippen LogP contribution in [-0.2, 0) is 9.59 Å². The van der Waals surface area contributed by atoms with Gasteiger partial charge in [-0.15, -0.1) is 0 Å². The molecule has 1 aliphatic heterocycles. The minimum Gasteiger partial charge on any atom is -0.322 e. The molecule has 80 valence electrons. The molecule has 0 aromatic rings. The molecule has 1 heterocycles. The zero-order chi connectivity index (χ0) is 11.1. The number of carbonyl (C=O) groups excluding carboxylic acids is 2. The van der Waals surface area contributed by atoms with E-state index < -0.39 is 17.6 Å². The molecule has 0 unspecified atom stereocenters. The predicted molar refractivity (Wildman–Crippen MR) is 41.5 cm³/mol. The summed E-state index contributed by atoms with van der Waals surface area (Å²) in [6, 6.07) is 0. The van der Waals surface area contributed by atoms with E-state index in [4.69, 9.17) is 0 Å². The third kappa shape index (κ3) is 1.60. The van der Waals surface area contributed by atoms with Crippen molar-refractivity contribution in [1.29, 1.82) is 0 Å². The van der Waals surface area contributed by atoms with E-state index >= 15 is 0 Å². The Morgan fingerprint density at radius 2 is 1.93 bits per heavy atom. The van der Waals surface area contributed by atoms with Crippen LogP contribution in [0.3, 0.4) is 0 Å². The zero-order valence-electron chi connectivity index (χ0n) is 7.81. The van der Waals surface area contributed by atoms with Crippen LogP contribution >= 0.6 is 0 Å². The molecule has 6 heteroatoms. The molecule has 0 saturated carbocycles. The van der Waals surface area contributed by atoms with Gasteiger partial charge in [0.2, 0.25) is 0 Å². The standard InChI is InChI=1S/C8H10F3NO2/c1-7(2)5(13)3-4-12(7)6(14)8(9,10)11/h3-4H2,1-2H3. The van der Waals surface area contributed by atoms with Gasteiger partial charge >= 0.3 is 12.1 Å². The van der Waals surface area contributed by atoms with E-state index in [0.29, 0.717) is 4.90 Å². The average molecular weight is 209 g/mol. The van der Waals surface area contributed by atoms with Gasteiger partial charge in [0.05, 0.1) is 5.54 Å². The molecule has 1 fully saturated rings. The number of likely N-dealkylation sites (tertiary alicyclic amines) is 1. The Morgan fingerprint density at radius 1 is 1.43 bits per heavy atom. The lowest BCUT2D eigenvalue weighted by atomic mass is 10.0. The summed E-state index contributed by atoms with van der Waals surface area (Å²) >= 11 is 0. The number of amides is 1. The van der Waals surface area contributed by atoms with Crippen molar-refractivity contribution in [1.82, 2.24) is 4.90 Å². The van der Waals surface area contributed by atoms with Crippen LogP contribution in [0, 0.1) is 0 Å². The van der Waals surface area contributed by atoms with Gasteiger partial charge in [0.25, 0.3) is 0 Å². The van der Waals surface area contributed by atoms with E-state index in [0.717, 1.165) is 0 Å². The highest BCUT2D eigenvalue weighted by Gasteiger charge is 2.51. The summed E-state index contributed by atoms with van der Waals surface area (Å²) in [6.07, 6.45) is -4.91. The van der Waals surface area contributed by atoms with Crippen LogP contribution in [0.4, 0.5) is 13.2 Å². The fourth-order valence-corrected chi connectivity index (χ4v) is 1.46. The molecule has 0 aromatic carbocycles. The van der Waals surface area contributed by atoms with Gasteiger partial charge in [0.15, 0.2) is 5.78 Å².